The van der Waals surface area contributed by atoms with E-state index in [4.69, 9.17) is 4.74 Å². The number of carbonyl (C=O) groups is 1. The number of benzene rings is 2. The Morgan fingerprint density at radius 3 is 2.78 bits per heavy atom. The maximum atomic E-state index is 12.8. The highest BCUT2D eigenvalue weighted by Gasteiger charge is 2.32. The van der Waals surface area contributed by atoms with Crippen LogP contribution < -0.4 is 15.4 Å². The number of hydrogen-bond acceptors (Lipinski definition) is 7. The summed E-state index contributed by atoms with van der Waals surface area (Å²) in [5, 5.41) is 16.9. The molecule has 8 bridgehead atoms. The molecule has 1 fully saturated rings. The number of aromatic nitrogens is 2. The lowest BCUT2D eigenvalue weighted by Gasteiger charge is -2.35. The monoisotopic (exact) mass is 487 g/mol. The van der Waals surface area contributed by atoms with Crippen LogP contribution in [-0.4, -0.2) is 58.2 Å². The van der Waals surface area contributed by atoms with Gasteiger partial charge in [0, 0.05) is 44.4 Å². The average Bonchev–Trinajstić information content (AvgIpc) is 2.88. The summed E-state index contributed by atoms with van der Waals surface area (Å²) < 4.78 is 5.85. The summed E-state index contributed by atoms with van der Waals surface area (Å²) >= 11 is 0. The second-order valence-electron chi connectivity index (χ2n) is 9.58. The number of ether oxygens (including phenoxy) is 1. The third-order valence-electron chi connectivity index (χ3n) is 6.77. The number of hydrogen-bond donors (Lipinski definition) is 3. The molecule has 1 aromatic heterocycles. The van der Waals surface area contributed by atoms with E-state index in [0.717, 1.165) is 48.9 Å². The van der Waals surface area contributed by atoms with Gasteiger partial charge in [-0.15, -0.1) is 0 Å². The molecule has 0 saturated carbocycles. The smallest absolute Gasteiger partial charge is 0.227 e. The number of carbonyl (C=O) groups excluding carboxylic acids is 1. The molecule has 3 atom stereocenters. The van der Waals surface area contributed by atoms with Gasteiger partial charge in [0.2, 0.25) is 5.91 Å². The molecule has 2 aromatic carbocycles. The lowest BCUT2D eigenvalue weighted by Crippen LogP contribution is -2.49. The van der Waals surface area contributed by atoms with E-state index >= 15 is 0 Å². The molecule has 1 saturated heterocycles. The third kappa shape index (κ3) is 6.38. The van der Waals surface area contributed by atoms with Crippen molar-refractivity contribution in [3.05, 3.63) is 77.7 Å². The van der Waals surface area contributed by atoms with Gasteiger partial charge in [-0.3, -0.25) is 9.69 Å². The zero-order valence-electron chi connectivity index (χ0n) is 20.4. The standard InChI is InChI=1S/C28H33N5O3/c34-26-10-12-33-17-21-5-3-4-20(14-21)15-23-16-27(31-19-30-23)32-22-6-8-24(9-7-22)36-13-2-1-11-29-28(35)25(26)18-33/h3-9,14,16,19,25-26,34H,1-2,10-13,15,17-18H2,(H,29,35)(H,30,31,32). The predicted octanol–water partition coefficient (Wildman–Crippen LogP) is 3.28. The van der Waals surface area contributed by atoms with Crippen molar-refractivity contribution in [2.45, 2.75) is 38.3 Å². The van der Waals surface area contributed by atoms with Crippen molar-refractivity contribution in [3.63, 3.8) is 0 Å². The fourth-order valence-electron chi connectivity index (χ4n) is 4.82. The normalized spacial score (nSPS) is 23.1. The molecule has 4 heterocycles. The molecule has 188 valence electrons. The predicted molar refractivity (Wildman–Crippen MR) is 138 cm³/mol. The van der Waals surface area contributed by atoms with E-state index in [0.29, 0.717) is 32.5 Å². The molecule has 3 aromatic rings. The quantitative estimate of drug-likeness (QED) is 0.448. The molecule has 8 nitrogen and oxygen atoms in total. The summed E-state index contributed by atoms with van der Waals surface area (Å²) in [6.45, 7) is 3.23. The van der Waals surface area contributed by atoms with Gasteiger partial charge in [0.05, 0.1) is 24.3 Å². The maximum Gasteiger partial charge on any atom is 0.227 e. The van der Waals surface area contributed by atoms with Gasteiger partial charge in [-0.05, 0) is 54.7 Å². The van der Waals surface area contributed by atoms with Crippen molar-refractivity contribution in [1.82, 2.24) is 20.2 Å². The van der Waals surface area contributed by atoms with Crippen molar-refractivity contribution in [1.29, 1.82) is 0 Å². The second kappa shape index (κ2) is 11.5. The van der Waals surface area contributed by atoms with E-state index in [9.17, 15) is 9.90 Å². The van der Waals surface area contributed by atoms with Crippen molar-refractivity contribution in [3.8, 4) is 5.75 Å². The van der Waals surface area contributed by atoms with E-state index in [1.54, 1.807) is 6.33 Å². The highest BCUT2D eigenvalue weighted by molar-refractivity contribution is 5.79. The Labute approximate surface area is 211 Å². The van der Waals surface area contributed by atoms with E-state index in [1.807, 2.05) is 30.3 Å². The summed E-state index contributed by atoms with van der Waals surface area (Å²) in [6, 6.07) is 18.3. The van der Waals surface area contributed by atoms with Gasteiger partial charge in [0.25, 0.3) is 0 Å². The molecule has 3 unspecified atom stereocenters. The number of aliphatic hydroxyl groups excluding tert-OH is 1. The molecule has 3 aliphatic heterocycles. The summed E-state index contributed by atoms with van der Waals surface area (Å²) in [4.78, 5) is 23.9. The van der Waals surface area contributed by atoms with E-state index in [2.05, 4.69) is 49.8 Å². The zero-order valence-corrected chi connectivity index (χ0v) is 20.4. The van der Waals surface area contributed by atoms with Gasteiger partial charge in [0.1, 0.15) is 17.9 Å². The highest BCUT2D eigenvalue weighted by Crippen LogP contribution is 2.22. The summed E-state index contributed by atoms with van der Waals surface area (Å²) in [7, 11) is 0. The molecule has 3 N–H and O–H groups in total. The van der Waals surface area contributed by atoms with Crippen LogP contribution in [0.3, 0.4) is 0 Å². The number of nitrogens with one attached hydrogen (secondary N) is 2. The Bertz CT molecular complexity index is 1170. The van der Waals surface area contributed by atoms with Crippen LogP contribution in [0, 0.1) is 5.92 Å². The number of amides is 1. The Balaban J connectivity index is 1.36. The van der Waals surface area contributed by atoms with Gasteiger partial charge < -0.3 is 20.5 Å². The van der Waals surface area contributed by atoms with Gasteiger partial charge >= 0.3 is 0 Å². The molecule has 0 aliphatic carbocycles. The third-order valence-corrected chi connectivity index (χ3v) is 6.77. The topological polar surface area (TPSA) is 99.6 Å². The Kier molecular flexibility index (Phi) is 7.73. The molecule has 6 rings (SSSR count). The SMILES string of the molecule is O=C1NCCCCOc2ccc(cc2)Nc2cc(ncn2)Cc2cccc(c2)CN2CCC(O)C1C2. The molecule has 8 heteroatoms. The first kappa shape index (κ1) is 24.2. The number of nitrogens with zero attached hydrogens (tertiary/aromatic N) is 3. The summed E-state index contributed by atoms with van der Waals surface area (Å²) in [6.07, 6.45) is 3.93. The molecular formula is C28H33N5O3. The van der Waals surface area contributed by atoms with Crippen molar-refractivity contribution < 1.29 is 14.6 Å². The molecule has 36 heavy (non-hydrogen) atoms. The lowest BCUT2D eigenvalue weighted by molar-refractivity contribution is -0.131. The molecular weight excluding hydrogens is 454 g/mol. The van der Waals surface area contributed by atoms with Gasteiger partial charge in [0.15, 0.2) is 0 Å². The van der Waals surface area contributed by atoms with Gasteiger partial charge in [-0.1, -0.05) is 24.3 Å². The van der Waals surface area contributed by atoms with Crippen LogP contribution in [0.25, 0.3) is 0 Å². The maximum absolute atomic E-state index is 12.8. The van der Waals surface area contributed by atoms with Crippen LogP contribution in [0.2, 0.25) is 0 Å². The zero-order chi connectivity index (χ0) is 24.7. The van der Waals surface area contributed by atoms with Crippen molar-refractivity contribution in [2.24, 2.45) is 5.92 Å². The fourth-order valence-corrected chi connectivity index (χ4v) is 4.82. The van der Waals surface area contributed by atoms with Crippen LogP contribution in [0.5, 0.6) is 5.75 Å². The van der Waals surface area contributed by atoms with Crippen LogP contribution in [-0.2, 0) is 17.8 Å². The van der Waals surface area contributed by atoms with Crippen LogP contribution >= 0.6 is 0 Å². The van der Waals surface area contributed by atoms with Crippen LogP contribution in [0.15, 0.2) is 60.9 Å². The highest BCUT2D eigenvalue weighted by atomic mass is 16.5. The Morgan fingerprint density at radius 2 is 1.89 bits per heavy atom. The molecule has 0 radical (unpaired) electrons. The minimum absolute atomic E-state index is 0.0667. The van der Waals surface area contributed by atoms with Crippen LogP contribution in [0.1, 0.15) is 36.1 Å². The van der Waals surface area contributed by atoms with Crippen LogP contribution in [0.4, 0.5) is 11.5 Å². The lowest BCUT2D eigenvalue weighted by atomic mass is 9.93. The Hall–Kier alpha value is -3.49. The minimum atomic E-state index is -0.603. The summed E-state index contributed by atoms with van der Waals surface area (Å²) in [5.74, 6) is 1.07. The van der Waals surface area contributed by atoms with E-state index in [1.165, 1.54) is 11.1 Å². The second-order valence-corrected chi connectivity index (χ2v) is 9.58. The molecule has 0 spiro atoms. The number of rotatable bonds is 0. The first-order valence-electron chi connectivity index (χ1n) is 12.7. The first-order chi connectivity index (χ1) is 17.6. The fraction of sp³-hybridized carbons (Fsp3) is 0.393. The number of fused-ring (bicyclic) bond motifs is 8. The van der Waals surface area contributed by atoms with Crippen molar-refractivity contribution >= 4 is 17.4 Å². The van der Waals surface area contributed by atoms with Crippen molar-refractivity contribution in [2.75, 3.05) is 31.6 Å². The largest absolute Gasteiger partial charge is 0.494 e. The number of piperidine rings is 1. The van der Waals surface area contributed by atoms with Gasteiger partial charge in [-0.25, -0.2) is 9.97 Å². The number of aliphatic hydroxyl groups is 1. The Morgan fingerprint density at radius 1 is 1.03 bits per heavy atom. The molecule has 3 aliphatic rings. The minimum Gasteiger partial charge on any atom is -0.494 e. The van der Waals surface area contributed by atoms with E-state index < -0.39 is 12.0 Å². The summed E-state index contributed by atoms with van der Waals surface area (Å²) in [5.41, 5.74) is 4.22. The molecule has 1 amide bonds. The number of anilines is 2. The van der Waals surface area contributed by atoms with E-state index in [-0.39, 0.29) is 5.91 Å². The average molecular weight is 488 g/mol. The first-order valence-corrected chi connectivity index (χ1v) is 12.7. The van der Waals surface area contributed by atoms with Gasteiger partial charge in [-0.2, -0.15) is 0 Å².